The number of carbonyl (C=O) groups is 1. The van der Waals surface area contributed by atoms with Gasteiger partial charge in [0.2, 0.25) is 0 Å². The van der Waals surface area contributed by atoms with Gasteiger partial charge in [-0.25, -0.2) is 9.78 Å². The van der Waals surface area contributed by atoms with Crippen LogP contribution in [-0.4, -0.2) is 27.8 Å². The molecule has 0 unspecified atom stereocenters. The number of nitrogens with zero attached hydrogens (tertiary/aromatic N) is 3. The molecule has 0 aliphatic carbocycles. The number of hydrogen-bond acceptors (Lipinski definition) is 4. The number of rotatable bonds is 4. The molecule has 0 saturated carbocycles. The third-order valence-corrected chi connectivity index (χ3v) is 3.45. The number of anilines is 1. The van der Waals surface area contributed by atoms with Gasteiger partial charge in [0.1, 0.15) is 5.52 Å². The highest BCUT2D eigenvalue weighted by molar-refractivity contribution is 6.30. The monoisotopic (exact) mass is 327 g/mol. The fourth-order valence-electron chi connectivity index (χ4n) is 2.05. The van der Waals surface area contributed by atoms with Gasteiger partial charge in [0, 0.05) is 11.6 Å². The SMILES string of the molecule is O=C(NCCc1ccc(Cl)cc1)Nc1nnc2ccccc2n1. The highest BCUT2D eigenvalue weighted by atomic mass is 35.5. The summed E-state index contributed by atoms with van der Waals surface area (Å²) in [6.45, 7) is 0.495. The molecule has 1 heterocycles. The quantitative estimate of drug-likeness (QED) is 0.772. The summed E-state index contributed by atoms with van der Waals surface area (Å²) in [6, 6.07) is 14.5. The van der Waals surface area contributed by atoms with Crippen LogP contribution in [0.25, 0.3) is 11.0 Å². The van der Waals surface area contributed by atoms with E-state index in [2.05, 4.69) is 25.8 Å². The highest BCUT2D eigenvalue weighted by Crippen LogP contribution is 2.10. The largest absolute Gasteiger partial charge is 0.337 e. The second-order valence-corrected chi connectivity index (χ2v) is 5.32. The van der Waals surface area contributed by atoms with Crippen LogP contribution in [0.2, 0.25) is 5.02 Å². The van der Waals surface area contributed by atoms with Gasteiger partial charge in [-0.15, -0.1) is 10.2 Å². The van der Waals surface area contributed by atoms with E-state index in [1.165, 1.54) is 0 Å². The van der Waals surface area contributed by atoms with Gasteiger partial charge in [-0.05, 0) is 36.2 Å². The van der Waals surface area contributed by atoms with E-state index >= 15 is 0 Å². The summed E-state index contributed by atoms with van der Waals surface area (Å²) in [6.07, 6.45) is 0.710. The molecule has 2 amide bonds. The fourth-order valence-corrected chi connectivity index (χ4v) is 2.18. The van der Waals surface area contributed by atoms with Crippen LogP contribution in [0.15, 0.2) is 48.5 Å². The Bertz CT molecular complexity index is 822. The predicted octanol–water partition coefficient (Wildman–Crippen LogP) is 3.04. The summed E-state index contributed by atoms with van der Waals surface area (Å²) in [7, 11) is 0. The number of fused-ring (bicyclic) bond motifs is 1. The minimum absolute atomic E-state index is 0.174. The molecule has 3 rings (SSSR count). The number of benzene rings is 2. The Balaban J connectivity index is 1.53. The van der Waals surface area contributed by atoms with E-state index in [0.29, 0.717) is 29.0 Å². The van der Waals surface area contributed by atoms with Crippen molar-refractivity contribution < 1.29 is 4.79 Å². The van der Waals surface area contributed by atoms with Crippen LogP contribution < -0.4 is 10.6 Å². The second-order valence-electron chi connectivity index (χ2n) is 4.88. The Kier molecular flexibility index (Phi) is 4.63. The van der Waals surface area contributed by atoms with Crippen molar-refractivity contribution in [2.75, 3.05) is 11.9 Å². The Labute approximate surface area is 137 Å². The number of para-hydroxylation sites is 1. The molecule has 0 aliphatic rings. The molecule has 2 aromatic carbocycles. The maximum absolute atomic E-state index is 11.8. The lowest BCUT2D eigenvalue weighted by atomic mass is 10.1. The molecule has 2 N–H and O–H groups in total. The van der Waals surface area contributed by atoms with E-state index in [-0.39, 0.29) is 12.0 Å². The fraction of sp³-hybridized carbons (Fsp3) is 0.125. The van der Waals surface area contributed by atoms with Crippen molar-refractivity contribution in [1.29, 1.82) is 0 Å². The first-order valence-electron chi connectivity index (χ1n) is 7.09. The van der Waals surface area contributed by atoms with Crippen molar-refractivity contribution in [3.05, 3.63) is 59.1 Å². The van der Waals surface area contributed by atoms with Crippen molar-refractivity contribution in [3.8, 4) is 0 Å². The Morgan fingerprint density at radius 1 is 1.00 bits per heavy atom. The molecule has 7 heteroatoms. The van der Waals surface area contributed by atoms with Crippen LogP contribution in [0.3, 0.4) is 0 Å². The normalized spacial score (nSPS) is 10.5. The van der Waals surface area contributed by atoms with Crippen molar-refractivity contribution in [2.45, 2.75) is 6.42 Å². The van der Waals surface area contributed by atoms with Crippen LogP contribution in [0.1, 0.15) is 5.56 Å². The first-order chi connectivity index (χ1) is 11.2. The molecular formula is C16H14ClN5O. The van der Waals surface area contributed by atoms with Crippen LogP contribution in [-0.2, 0) is 6.42 Å². The Morgan fingerprint density at radius 2 is 1.74 bits per heavy atom. The molecule has 0 atom stereocenters. The standard InChI is InChI=1S/C16H14ClN5O/c17-12-7-5-11(6-8-12)9-10-18-16(23)20-15-19-13-3-1-2-4-14(13)21-22-15/h1-8H,9-10H2,(H2,18,19,20,22,23). The van der Waals surface area contributed by atoms with Gasteiger partial charge in [0.15, 0.2) is 0 Å². The van der Waals surface area contributed by atoms with Gasteiger partial charge < -0.3 is 5.32 Å². The Hall–Kier alpha value is -2.73. The van der Waals surface area contributed by atoms with Gasteiger partial charge >= 0.3 is 6.03 Å². The van der Waals surface area contributed by atoms with Crippen molar-refractivity contribution in [1.82, 2.24) is 20.5 Å². The molecule has 3 aromatic rings. The van der Waals surface area contributed by atoms with E-state index in [1.54, 1.807) is 0 Å². The minimum Gasteiger partial charge on any atom is -0.337 e. The summed E-state index contributed by atoms with van der Waals surface area (Å²) in [4.78, 5) is 16.1. The van der Waals surface area contributed by atoms with E-state index in [4.69, 9.17) is 11.6 Å². The smallest absolute Gasteiger partial charge is 0.321 e. The van der Waals surface area contributed by atoms with Gasteiger partial charge in [0.05, 0.1) is 5.52 Å². The molecule has 0 bridgehead atoms. The Morgan fingerprint density at radius 3 is 2.52 bits per heavy atom. The number of halogens is 1. The second kappa shape index (κ2) is 7.02. The molecule has 1 aromatic heterocycles. The lowest BCUT2D eigenvalue weighted by molar-refractivity contribution is 0.252. The third-order valence-electron chi connectivity index (χ3n) is 3.20. The molecule has 0 aliphatic heterocycles. The van der Waals surface area contributed by atoms with Crippen LogP contribution in [0, 0.1) is 0 Å². The average Bonchev–Trinajstić information content (AvgIpc) is 2.56. The number of hydrogen-bond donors (Lipinski definition) is 2. The van der Waals surface area contributed by atoms with Gasteiger partial charge in [-0.1, -0.05) is 35.9 Å². The molecule has 0 radical (unpaired) electrons. The van der Waals surface area contributed by atoms with Crippen LogP contribution >= 0.6 is 11.6 Å². The van der Waals surface area contributed by atoms with Crippen LogP contribution in [0.5, 0.6) is 0 Å². The summed E-state index contributed by atoms with van der Waals surface area (Å²) < 4.78 is 0. The molecule has 0 fully saturated rings. The van der Waals surface area contributed by atoms with Crippen LogP contribution in [0.4, 0.5) is 10.7 Å². The van der Waals surface area contributed by atoms with E-state index in [9.17, 15) is 4.79 Å². The first-order valence-corrected chi connectivity index (χ1v) is 7.47. The molecule has 0 spiro atoms. The summed E-state index contributed by atoms with van der Waals surface area (Å²) in [5.74, 6) is 0.174. The maximum Gasteiger partial charge on any atom is 0.321 e. The molecule has 116 valence electrons. The zero-order chi connectivity index (χ0) is 16.1. The van der Waals surface area contributed by atoms with Crippen molar-refractivity contribution in [2.24, 2.45) is 0 Å². The lowest BCUT2D eigenvalue weighted by Gasteiger charge is -2.06. The topological polar surface area (TPSA) is 79.8 Å². The van der Waals surface area contributed by atoms with Gasteiger partial charge in [-0.3, -0.25) is 5.32 Å². The van der Waals surface area contributed by atoms with E-state index < -0.39 is 0 Å². The maximum atomic E-state index is 11.8. The highest BCUT2D eigenvalue weighted by Gasteiger charge is 2.05. The zero-order valence-corrected chi connectivity index (χ0v) is 12.9. The zero-order valence-electron chi connectivity index (χ0n) is 12.2. The summed E-state index contributed by atoms with van der Waals surface area (Å²) in [5.41, 5.74) is 2.46. The average molecular weight is 328 g/mol. The van der Waals surface area contributed by atoms with E-state index in [1.807, 2.05) is 48.5 Å². The first kappa shape index (κ1) is 15.2. The number of amides is 2. The lowest BCUT2D eigenvalue weighted by Crippen LogP contribution is -2.31. The minimum atomic E-state index is -0.365. The van der Waals surface area contributed by atoms with Crippen molar-refractivity contribution >= 4 is 34.6 Å². The summed E-state index contributed by atoms with van der Waals surface area (Å²) >= 11 is 5.83. The third kappa shape index (κ3) is 4.14. The molecular weight excluding hydrogens is 314 g/mol. The molecule has 23 heavy (non-hydrogen) atoms. The summed E-state index contributed by atoms with van der Waals surface area (Å²) in [5, 5.41) is 13.9. The number of aromatic nitrogens is 3. The molecule has 6 nitrogen and oxygen atoms in total. The predicted molar refractivity (Wildman–Crippen MR) is 89.5 cm³/mol. The van der Waals surface area contributed by atoms with Gasteiger partial charge in [0.25, 0.3) is 5.95 Å². The number of nitrogens with one attached hydrogen (secondary N) is 2. The molecule has 0 saturated heterocycles. The number of carbonyl (C=O) groups excluding carboxylic acids is 1. The number of urea groups is 1. The van der Waals surface area contributed by atoms with E-state index in [0.717, 1.165) is 5.56 Å². The van der Waals surface area contributed by atoms with Gasteiger partial charge in [-0.2, -0.15) is 0 Å². The van der Waals surface area contributed by atoms with Crippen molar-refractivity contribution in [3.63, 3.8) is 0 Å².